The highest BCUT2D eigenvalue weighted by Crippen LogP contribution is 2.16. The minimum absolute atomic E-state index is 0.0566. The summed E-state index contributed by atoms with van der Waals surface area (Å²) in [4.78, 5) is 11.9. The van der Waals surface area contributed by atoms with Crippen LogP contribution in [-0.2, 0) is 11.8 Å². The zero-order valence-electron chi connectivity index (χ0n) is 11.7. The molecule has 3 N–H and O–H groups in total. The summed E-state index contributed by atoms with van der Waals surface area (Å²) in [7, 11) is 1.89. The summed E-state index contributed by atoms with van der Waals surface area (Å²) in [6, 6.07) is -0.469. The molecule has 0 aliphatic carbocycles. The lowest BCUT2D eigenvalue weighted by Gasteiger charge is -2.17. The molecule has 0 spiro atoms. The van der Waals surface area contributed by atoms with Gasteiger partial charge in [-0.1, -0.05) is 19.8 Å². The van der Waals surface area contributed by atoms with Crippen molar-refractivity contribution in [2.45, 2.75) is 52.1 Å². The van der Waals surface area contributed by atoms with E-state index in [1.165, 1.54) is 0 Å². The standard InChI is InChI=1S/C13H24N4O/c1-5-6-7-12(14)13(18)16-9(2)11-8-15-17(4)10(11)3/h8-9,12H,5-7,14H2,1-4H3,(H,16,18). The van der Waals surface area contributed by atoms with Gasteiger partial charge >= 0.3 is 0 Å². The average Bonchev–Trinajstić information content (AvgIpc) is 2.66. The van der Waals surface area contributed by atoms with Crippen LogP contribution >= 0.6 is 0 Å². The van der Waals surface area contributed by atoms with Crippen LogP contribution in [0.3, 0.4) is 0 Å². The van der Waals surface area contributed by atoms with E-state index in [0.717, 1.165) is 30.5 Å². The predicted molar refractivity (Wildman–Crippen MR) is 72.0 cm³/mol. The van der Waals surface area contributed by atoms with Crippen molar-refractivity contribution in [3.05, 3.63) is 17.5 Å². The second kappa shape index (κ2) is 6.54. The number of carbonyl (C=O) groups is 1. The Labute approximate surface area is 109 Å². The van der Waals surface area contributed by atoms with Crippen LogP contribution < -0.4 is 11.1 Å². The molecule has 1 aromatic rings. The van der Waals surface area contributed by atoms with Crippen LogP contribution in [0, 0.1) is 6.92 Å². The van der Waals surface area contributed by atoms with Crippen LogP contribution in [-0.4, -0.2) is 21.7 Å². The fraction of sp³-hybridized carbons (Fsp3) is 0.692. The molecular formula is C13H24N4O. The first-order valence-corrected chi connectivity index (χ1v) is 6.51. The number of nitrogens with zero attached hydrogens (tertiary/aromatic N) is 2. The van der Waals surface area contributed by atoms with Gasteiger partial charge in [-0.15, -0.1) is 0 Å². The van der Waals surface area contributed by atoms with E-state index in [2.05, 4.69) is 17.3 Å². The van der Waals surface area contributed by atoms with Gasteiger partial charge in [0.15, 0.2) is 0 Å². The number of nitrogens with one attached hydrogen (secondary N) is 1. The highest BCUT2D eigenvalue weighted by molar-refractivity contribution is 5.81. The average molecular weight is 252 g/mol. The summed E-state index contributed by atoms with van der Waals surface area (Å²) in [6.07, 6.45) is 4.56. The first kappa shape index (κ1) is 14.7. The lowest BCUT2D eigenvalue weighted by atomic mass is 10.1. The highest BCUT2D eigenvalue weighted by Gasteiger charge is 2.18. The highest BCUT2D eigenvalue weighted by atomic mass is 16.2. The third-order valence-corrected chi connectivity index (χ3v) is 3.30. The van der Waals surface area contributed by atoms with E-state index in [4.69, 9.17) is 5.73 Å². The first-order valence-electron chi connectivity index (χ1n) is 6.51. The van der Waals surface area contributed by atoms with Crippen molar-refractivity contribution in [3.8, 4) is 0 Å². The van der Waals surface area contributed by atoms with Crippen molar-refractivity contribution in [1.29, 1.82) is 0 Å². The molecule has 0 aliphatic heterocycles. The van der Waals surface area contributed by atoms with Gasteiger partial charge in [0.2, 0.25) is 5.91 Å². The zero-order valence-corrected chi connectivity index (χ0v) is 11.7. The Bertz CT molecular complexity index is 400. The van der Waals surface area contributed by atoms with E-state index in [-0.39, 0.29) is 11.9 Å². The maximum absolute atomic E-state index is 11.9. The van der Waals surface area contributed by atoms with E-state index in [1.807, 2.05) is 20.9 Å². The lowest BCUT2D eigenvalue weighted by Crippen LogP contribution is -2.41. The van der Waals surface area contributed by atoms with E-state index in [9.17, 15) is 4.79 Å². The minimum atomic E-state index is -0.413. The summed E-state index contributed by atoms with van der Waals surface area (Å²) in [5.74, 6) is -0.0841. The van der Waals surface area contributed by atoms with Crippen molar-refractivity contribution < 1.29 is 4.79 Å². The molecule has 1 amide bonds. The number of hydrogen-bond acceptors (Lipinski definition) is 3. The van der Waals surface area contributed by atoms with E-state index < -0.39 is 6.04 Å². The Kier molecular flexibility index (Phi) is 5.34. The molecule has 0 aliphatic rings. The third-order valence-electron chi connectivity index (χ3n) is 3.30. The van der Waals surface area contributed by atoms with Crippen LogP contribution in [0.4, 0.5) is 0 Å². The van der Waals surface area contributed by atoms with Gasteiger partial charge in [0.1, 0.15) is 0 Å². The summed E-state index contributed by atoms with van der Waals surface area (Å²) in [5.41, 5.74) is 7.94. The summed E-state index contributed by atoms with van der Waals surface area (Å²) >= 11 is 0. The molecule has 0 aromatic carbocycles. The number of unbranched alkanes of at least 4 members (excludes halogenated alkanes) is 1. The molecule has 0 fully saturated rings. The Balaban J connectivity index is 2.56. The second-order valence-electron chi connectivity index (χ2n) is 4.79. The topological polar surface area (TPSA) is 72.9 Å². The minimum Gasteiger partial charge on any atom is -0.348 e. The first-order chi connectivity index (χ1) is 8.47. The number of carbonyl (C=O) groups excluding carboxylic acids is 1. The number of aromatic nitrogens is 2. The second-order valence-corrected chi connectivity index (χ2v) is 4.79. The fourth-order valence-corrected chi connectivity index (χ4v) is 1.89. The molecule has 2 unspecified atom stereocenters. The number of aryl methyl sites for hydroxylation is 1. The van der Waals surface area contributed by atoms with Crippen LogP contribution in [0.1, 0.15) is 50.4 Å². The Morgan fingerprint density at radius 2 is 2.28 bits per heavy atom. The Morgan fingerprint density at radius 3 is 2.78 bits per heavy atom. The van der Waals surface area contributed by atoms with Gasteiger partial charge in [0.25, 0.3) is 0 Å². The number of amides is 1. The maximum atomic E-state index is 11.9. The molecule has 1 aromatic heterocycles. The SMILES string of the molecule is CCCCC(N)C(=O)NC(C)c1cnn(C)c1C. The Morgan fingerprint density at radius 1 is 1.61 bits per heavy atom. The maximum Gasteiger partial charge on any atom is 0.237 e. The number of nitrogens with two attached hydrogens (primary N) is 1. The van der Waals surface area contributed by atoms with Crippen molar-refractivity contribution in [2.24, 2.45) is 12.8 Å². The van der Waals surface area contributed by atoms with Gasteiger partial charge in [0.05, 0.1) is 18.3 Å². The molecule has 5 nitrogen and oxygen atoms in total. The van der Waals surface area contributed by atoms with Gasteiger partial charge in [-0.25, -0.2) is 0 Å². The van der Waals surface area contributed by atoms with Crippen LogP contribution in [0.2, 0.25) is 0 Å². The lowest BCUT2D eigenvalue weighted by molar-refractivity contribution is -0.123. The van der Waals surface area contributed by atoms with E-state index in [1.54, 1.807) is 10.9 Å². The molecular weight excluding hydrogens is 228 g/mol. The largest absolute Gasteiger partial charge is 0.348 e. The van der Waals surface area contributed by atoms with Crippen LogP contribution in [0.25, 0.3) is 0 Å². The number of rotatable bonds is 6. The summed E-state index contributed by atoms with van der Waals surface area (Å²) in [6.45, 7) is 6.03. The number of hydrogen-bond donors (Lipinski definition) is 2. The normalized spacial score (nSPS) is 14.3. The molecule has 0 saturated carbocycles. The molecule has 0 bridgehead atoms. The van der Waals surface area contributed by atoms with E-state index >= 15 is 0 Å². The fourth-order valence-electron chi connectivity index (χ4n) is 1.89. The smallest absolute Gasteiger partial charge is 0.237 e. The van der Waals surface area contributed by atoms with Gasteiger partial charge < -0.3 is 11.1 Å². The van der Waals surface area contributed by atoms with Crippen molar-refractivity contribution in [3.63, 3.8) is 0 Å². The molecule has 0 saturated heterocycles. The van der Waals surface area contributed by atoms with Crippen molar-refractivity contribution in [1.82, 2.24) is 15.1 Å². The van der Waals surface area contributed by atoms with Gasteiger partial charge in [-0.3, -0.25) is 9.48 Å². The summed E-state index contributed by atoms with van der Waals surface area (Å²) in [5, 5.41) is 7.11. The van der Waals surface area contributed by atoms with Crippen molar-refractivity contribution in [2.75, 3.05) is 0 Å². The summed E-state index contributed by atoms with van der Waals surface area (Å²) < 4.78 is 1.80. The quantitative estimate of drug-likeness (QED) is 0.804. The van der Waals surface area contributed by atoms with Crippen LogP contribution in [0.5, 0.6) is 0 Å². The Hall–Kier alpha value is -1.36. The van der Waals surface area contributed by atoms with Crippen molar-refractivity contribution >= 4 is 5.91 Å². The third kappa shape index (κ3) is 3.57. The zero-order chi connectivity index (χ0) is 13.7. The molecule has 1 rings (SSSR count). The molecule has 0 radical (unpaired) electrons. The van der Waals surface area contributed by atoms with Gasteiger partial charge in [-0.05, 0) is 20.3 Å². The van der Waals surface area contributed by atoms with Gasteiger partial charge in [0, 0.05) is 18.3 Å². The molecule has 18 heavy (non-hydrogen) atoms. The van der Waals surface area contributed by atoms with E-state index in [0.29, 0.717) is 0 Å². The monoisotopic (exact) mass is 252 g/mol. The molecule has 1 heterocycles. The predicted octanol–water partition coefficient (Wildman–Crippen LogP) is 1.42. The molecule has 5 heteroatoms. The van der Waals surface area contributed by atoms with Crippen LogP contribution in [0.15, 0.2) is 6.20 Å². The van der Waals surface area contributed by atoms with Gasteiger partial charge in [-0.2, -0.15) is 5.10 Å². The molecule has 2 atom stereocenters. The molecule has 102 valence electrons.